The van der Waals surface area contributed by atoms with E-state index in [1.165, 1.54) is 19.2 Å². The zero-order chi connectivity index (χ0) is 20.8. The first-order valence-corrected chi connectivity index (χ1v) is 5.36. The van der Waals surface area contributed by atoms with E-state index in [0.717, 1.165) is 12.1 Å². The van der Waals surface area contributed by atoms with Gasteiger partial charge in [0.25, 0.3) is 0 Å². The van der Waals surface area contributed by atoms with E-state index < -0.39 is 11.7 Å². The normalized spacial score (nSPS) is 7.08. The van der Waals surface area contributed by atoms with Crippen LogP contribution in [0, 0.1) is 33.3 Å². The monoisotopic (exact) mass is 380 g/mol. The fourth-order valence-electron chi connectivity index (χ4n) is 0.913. The summed E-state index contributed by atoms with van der Waals surface area (Å²) in [4.78, 5) is 0. The van der Waals surface area contributed by atoms with E-state index in [0.29, 0.717) is 10.1 Å². The molecule has 0 spiro atoms. The van der Waals surface area contributed by atoms with Crippen molar-refractivity contribution in [1.29, 1.82) is 0 Å². The van der Waals surface area contributed by atoms with Crippen molar-refractivity contribution in [2.24, 2.45) is 0 Å². The zero-order valence-corrected chi connectivity index (χ0v) is 13.1. The molecule has 1 rings (SSSR count). The molecule has 6 nitrogen and oxygen atoms in total. The van der Waals surface area contributed by atoms with Gasteiger partial charge >= 0.3 is 144 Å². The second-order valence-corrected chi connectivity index (χ2v) is 3.15. The van der Waals surface area contributed by atoms with Crippen molar-refractivity contribution >= 4 is 4.57 Å². The first-order chi connectivity index (χ1) is 11.4. The molecule has 0 atom stereocenters. The van der Waals surface area contributed by atoms with Gasteiger partial charge in [-0.15, -0.1) is 0 Å². The van der Waals surface area contributed by atoms with Gasteiger partial charge in [0.15, 0.2) is 0 Å². The van der Waals surface area contributed by atoms with Gasteiger partial charge in [0.05, 0.1) is 0 Å². The minimum atomic E-state index is -4.29. The number of alkyl halides is 3. The Balaban J connectivity index is -0.000000103. The summed E-state index contributed by atoms with van der Waals surface area (Å²) in [5, 5.41) is 0. The molecule has 0 bridgehead atoms. The molecule has 0 saturated carbocycles. The Morgan fingerprint density at radius 3 is 1.33 bits per heavy atom. The van der Waals surface area contributed by atoms with Crippen LogP contribution in [-0.4, -0.2) is 11.7 Å². The van der Waals surface area contributed by atoms with Gasteiger partial charge in [-0.2, -0.15) is 0 Å². The van der Waals surface area contributed by atoms with E-state index in [4.69, 9.17) is 28.0 Å². The van der Waals surface area contributed by atoms with E-state index in [1.807, 2.05) is 0 Å². The predicted molar refractivity (Wildman–Crippen MR) is 62.2 cm³/mol. The third kappa shape index (κ3) is 18.1. The summed E-state index contributed by atoms with van der Waals surface area (Å²) in [6.07, 6.45) is -4.29. The number of rotatable bonds is 2. The van der Waals surface area contributed by atoms with Gasteiger partial charge in [-0.3, -0.25) is 0 Å². The Hall–Kier alpha value is -1.93. The van der Waals surface area contributed by atoms with Gasteiger partial charge in [-0.25, -0.2) is 0 Å². The molecule has 24 heavy (non-hydrogen) atoms. The number of ether oxygens (including phenoxy) is 1. The van der Waals surface area contributed by atoms with Crippen LogP contribution in [0.3, 0.4) is 0 Å². The van der Waals surface area contributed by atoms with Crippen LogP contribution in [0.2, 0.25) is 0 Å². The van der Waals surface area contributed by atoms with E-state index in [-0.39, 0.29) is 0 Å². The molecule has 0 radical (unpaired) electrons. The van der Waals surface area contributed by atoms with Crippen LogP contribution in [0.25, 0.3) is 0 Å². The predicted octanol–water partition coefficient (Wildman–Crippen LogP) is 2.19. The Labute approximate surface area is 144 Å². The standard InChI is InChI=1S/C9H7F3O.5CO.Cr/c1-13-6-7-2-4-8(5-3-7)9(10,11)12;5*1-2;/h2-5H,1H3;;;;;;. The summed E-state index contributed by atoms with van der Waals surface area (Å²) in [5.74, 6) is 0. The Morgan fingerprint density at radius 2 is 1.12 bits per heavy atom. The summed E-state index contributed by atoms with van der Waals surface area (Å²) >= 11 is 2.61. The van der Waals surface area contributed by atoms with Crippen LogP contribution in [0.4, 0.5) is 13.2 Å². The second-order valence-electron chi connectivity index (χ2n) is 2.57. The van der Waals surface area contributed by atoms with Crippen LogP contribution in [-0.2, 0) is 50.0 Å². The molecule has 0 N–H and O–H groups in total. The minimum absolute atomic E-state index is 0.471. The summed E-state index contributed by atoms with van der Waals surface area (Å²) in [6, 6.07) is 4.76. The fraction of sp³-hybridized carbons (Fsp3) is 0.143. The Kier molecular flexibility index (Phi) is 36.4. The SMILES string of the molecule is CO[C](=[Cr])c1ccc(C(F)(F)F)cc1.[C-]#[O+].[C-]#[O+].[C-]#[O+].[C-]#[O+].[C-]#[O+]. The molecular weight excluding hydrogens is 373 g/mol. The van der Waals surface area contributed by atoms with E-state index >= 15 is 0 Å². The molecule has 0 heterocycles. The van der Waals surface area contributed by atoms with Crippen LogP contribution in [0.15, 0.2) is 24.3 Å². The van der Waals surface area contributed by atoms with E-state index in [9.17, 15) is 13.2 Å². The molecule has 0 aliphatic carbocycles. The molecule has 0 aromatic heterocycles. The first-order valence-electron chi connectivity index (χ1n) is 4.73. The Bertz CT molecular complexity index is 492. The van der Waals surface area contributed by atoms with Crippen molar-refractivity contribution in [3.63, 3.8) is 0 Å². The topological polar surface area (TPSA) is 109 Å². The number of benzene rings is 1. The average molecular weight is 380 g/mol. The molecule has 0 fully saturated rings. The molecule has 0 amide bonds. The van der Waals surface area contributed by atoms with Gasteiger partial charge in [-0.1, -0.05) is 0 Å². The third-order valence-corrected chi connectivity index (χ3v) is 2.26. The van der Waals surface area contributed by atoms with Crippen LogP contribution in [0.1, 0.15) is 11.1 Å². The molecule has 126 valence electrons. The van der Waals surface area contributed by atoms with Gasteiger partial charge in [0.1, 0.15) is 0 Å². The second kappa shape index (κ2) is 26.0. The quantitative estimate of drug-likeness (QED) is 0.569. The van der Waals surface area contributed by atoms with Crippen molar-refractivity contribution in [3.8, 4) is 0 Å². The number of methoxy groups -OCH3 is 1. The van der Waals surface area contributed by atoms with Crippen LogP contribution < -0.4 is 0 Å². The molecule has 0 saturated heterocycles. The van der Waals surface area contributed by atoms with Crippen LogP contribution >= 0.6 is 0 Å². The first kappa shape index (κ1) is 33.6. The van der Waals surface area contributed by atoms with E-state index in [1.54, 1.807) is 0 Å². The number of halogens is 3. The molecule has 0 aliphatic rings. The molecule has 1 aromatic carbocycles. The summed E-state index contributed by atoms with van der Waals surface area (Å²) in [6.45, 7) is 22.5. The molecule has 10 heteroatoms. The van der Waals surface area contributed by atoms with Crippen molar-refractivity contribution in [1.82, 2.24) is 0 Å². The number of hydrogen-bond acceptors (Lipinski definition) is 1. The van der Waals surface area contributed by atoms with Crippen molar-refractivity contribution in [2.45, 2.75) is 6.18 Å². The summed E-state index contributed by atoms with van der Waals surface area (Å²) in [5.41, 5.74) is -0.0642. The molecule has 1 aromatic rings. The number of hydrogen-bond donors (Lipinski definition) is 0. The van der Waals surface area contributed by atoms with Crippen molar-refractivity contribution in [3.05, 3.63) is 68.6 Å². The van der Waals surface area contributed by atoms with Gasteiger partial charge in [0.2, 0.25) is 0 Å². The van der Waals surface area contributed by atoms with Gasteiger partial charge in [-0.05, 0) is 0 Å². The molecule has 0 aliphatic heterocycles. The van der Waals surface area contributed by atoms with Crippen LogP contribution in [0.5, 0.6) is 0 Å². The van der Waals surface area contributed by atoms with E-state index in [2.05, 4.69) is 49.1 Å². The Morgan fingerprint density at radius 1 is 0.833 bits per heavy atom. The van der Waals surface area contributed by atoms with Gasteiger partial charge < -0.3 is 0 Å². The average Bonchev–Trinajstić information content (AvgIpc) is 2.68. The van der Waals surface area contributed by atoms with Crippen molar-refractivity contribution in [2.75, 3.05) is 7.11 Å². The molecular formula is C14H7CrF3O6. The van der Waals surface area contributed by atoms with Gasteiger partial charge in [0, 0.05) is 0 Å². The molecule has 0 unspecified atom stereocenters. The summed E-state index contributed by atoms with van der Waals surface area (Å²) in [7, 11) is 1.45. The summed E-state index contributed by atoms with van der Waals surface area (Å²) < 4.78 is 79.3. The maximum atomic E-state index is 12.2. The fourth-order valence-corrected chi connectivity index (χ4v) is 1.13. The van der Waals surface area contributed by atoms with Crippen molar-refractivity contribution < 1.29 is 57.0 Å². The maximum absolute atomic E-state index is 12.2. The zero-order valence-electron chi connectivity index (χ0n) is 11.8. The third-order valence-electron chi connectivity index (χ3n) is 1.63.